The van der Waals surface area contributed by atoms with Crippen LogP contribution in [0.15, 0.2) is 35.1 Å². The smallest absolute Gasteiger partial charge is 0.238 e. The van der Waals surface area contributed by atoms with E-state index < -0.39 is 0 Å². The molecule has 1 aliphatic carbocycles. The zero-order valence-corrected chi connectivity index (χ0v) is 17.6. The summed E-state index contributed by atoms with van der Waals surface area (Å²) in [6, 6.07) is 7.67. The SMILES string of the molecule is O=C(Cc1cc2c(-c3noc(C4CC4)n3)ncn2c2ccc(Cl)cc12)NN1CCCC1. The molecule has 8 nitrogen and oxygen atoms in total. The highest BCUT2D eigenvalue weighted by molar-refractivity contribution is 6.31. The van der Waals surface area contributed by atoms with Crippen LogP contribution in [-0.4, -0.2) is 43.5 Å². The van der Waals surface area contributed by atoms with Crippen LogP contribution in [0, 0.1) is 0 Å². The van der Waals surface area contributed by atoms with Gasteiger partial charge in [-0.3, -0.25) is 14.6 Å². The standard InChI is InChI=1S/C22H21ClN6O2/c23-15-5-6-17-16(11-15)14(10-19(30)26-28-7-1-2-8-28)9-18-20(24-12-29(17)18)21-25-22(31-27-21)13-3-4-13/h5-6,9,11-13H,1-4,7-8,10H2,(H,26,30). The summed E-state index contributed by atoms with van der Waals surface area (Å²) >= 11 is 6.29. The molecule has 158 valence electrons. The van der Waals surface area contributed by atoms with Gasteiger partial charge in [-0.05, 0) is 55.5 Å². The maximum atomic E-state index is 12.8. The lowest BCUT2D eigenvalue weighted by molar-refractivity contribution is -0.124. The molecule has 4 heterocycles. The van der Waals surface area contributed by atoms with E-state index >= 15 is 0 Å². The topological polar surface area (TPSA) is 88.6 Å². The van der Waals surface area contributed by atoms with Gasteiger partial charge < -0.3 is 4.52 Å². The molecule has 9 heteroatoms. The third kappa shape index (κ3) is 3.45. The predicted molar refractivity (Wildman–Crippen MR) is 116 cm³/mol. The fraction of sp³-hybridized carbons (Fsp3) is 0.364. The third-order valence-electron chi connectivity index (χ3n) is 6.00. The number of carbonyl (C=O) groups is 1. The molecular weight excluding hydrogens is 416 g/mol. The van der Waals surface area contributed by atoms with Crippen molar-refractivity contribution in [2.75, 3.05) is 13.1 Å². The highest BCUT2D eigenvalue weighted by Gasteiger charge is 2.30. The van der Waals surface area contributed by atoms with E-state index in [-0.39, 0.29) is 12.3 Å². The second kappa shape index (κ2) is 7.32. The van der Waals surface area contributed by atoms with E-state index in [1.165, 1.54) is 0 Å². The van der Waals surface area contributed by atoms with Gasteiger partial charge in [0, 0.05) is 29.4 Å². The lowest BCUT2D eigenvalue weighted by Gasteiger charge is -2.17. The van der Waals surface area contributed by atoms with Crippen molar-refractivity contribution >= 4 is 33.9 Å². The maximum Gasteiger partial charge on any atom is 0.238 e. The molecular formula is C22H21ClN6O2. The van der Waals surface area contributed by atoms with E-state index in [9.17, 15) is 4.79 Å². The van der Waals surface area contributed by atoms with Gasteiger partial charge in [-0.15, -0.1) is 0 Å². The number of rotatable bonds is 5. The Kier molecular flexibility index (Phi) is 4.43. The average Bonchev–Trinajstić information content (AvgIpc) is 3.14. The van der Waals surface area contributed by atoms with Crippen molar-refractivity contribution in [3.63, 3.8) is 0 Å². The van der Waals surface area contributed by atoms with Gasteiger partial charge in [-0.25, -0.2) is 9.99 Å². The lowest BCUT2D eigenvalue weighted by atomic mass is 10.0. The molecule has 2 fully saturated rings. The van der Waals surface area contributed by atoms with Crippen LogP contribution in [0.4, 0.5) is 0 Å². The second-order valence-corrected chi connectivity index (χ2v) is 8.75. The molecule has 31 heavy (non-hydrogen) atoms. The van der Waals surface area contributed by atoms with Crippen molar-refractivity contribution in [1.29, 1.82) is 0 Å². The summed E-state index contributed by atoms with van der Waals surface area (Å²) in [6.45, 7) is 1.79. The molecule has 0 radical (unpaired) electrons. The minimum absolute atomic E-state index is 0.0378. The Labute approximate surface area is 183 Å². The number of benzene rings is 1. The zero-order valence-electron chi connectivity index (χ0n) is 16.8. The number of imidazole rings is 1. The highest BCUT2D eigenvalue weighted by Crippen LogP contribution is 2.40. The number of hydrogen-bond donors (Lipinski definition) is 1. The normalized spacial score (nSPS) is 17.1. The molecule has 0 spiro atoms. The number of nitrogens with one attached hydrogen (secondary N) is 1. The van der Waals surface area contributed by atoms with Crippen molar-refractivity contribution in [3.05, 3.63) is 47.1 Å². The number of pyridine rings is 1. The van der Waals surface area contributed by atoms with Gasteiger partial charge in [-0.1, -0.05) is 16.8 Å². The first-order valence-electron chi connectivity index (χ1n) is 10.6. The summed E-state index contributed by atoms with van der Waals surface area (Å²) in [4.78, 5) is 21.9. The highest BCUT2D eigenvalue weighted by atomic mass is 35.5. The average molecular weight is 437 g/mol. The summed E-state index contributed by atoms with van der Waals surface area (Å²) in [5.41, 5.74) is 6.31. The van der Waals surface area contributed by atoms with Crippen LogP contribution in [0.3, 0.4) is 0 Å². The van der Waals surface area contributed by atoms with Crippen LogP contribution < -0.4 is 5.43 Å². The van der Waals surface area contributed by atoms with Crippen LogP contribution >= 0.6 is 11.6 Å². The summed E-state index contributed by atoms with van der Waals surface area (Å²) in [5.74, 6) is 1.49. The van der Waals surface area contributed by atoms with Gasteiger partial charge in [0.15, 0.2) is 0 Å². The maximum absolute atomic E-state index is 12.8. The first-order chi connectivity index (χ1) is 15.2. The summed E-state index contributed by atoms with van der Waals surface area (Å²) in [5, 5.41) is 7.69. The molecule has 1 amide bonds. The second-order valence-electron chi connectivity index (χ2n) is 8.32. The number of hydrogen-bond acceptors (Lipinski definition) is 6. The molecule has 3 aromatic heterocycles. The summed E-state index contributed by atoms with van der Waals surface area (Å²) in [7, 11) is 0. The number of halogens is 1. The first-order valence-corrected chi connectivity index (χ1v) is 11.0. The molecule has 4 aromatic rings. The van der Waals surface area contributed by atoms with Crippen molar-refractivity contribution in [1.82, 2.24) is 30.0 Å². The number of amides is 1. The minimum atomic E-state index is -0.0378. The van der Waals surface area contributed by atoms with Crippen LogP contribution in [0.25, 0.3) is 27.9 Å². The fourth-order valence-corrected chi connectivity index (χ4v) is 4.44. The number of hydrazine groups is 1. The van der Waals surface area contributed by atoms with Gasteiger partial charge in [0.2, 0.25) is 17.6 Å². The molecule has 6 rings (SSSR count). The van der Waals surface area contributed by atoms with Gasteiger partial charge in [-0.2, -0.15) is 4.98 Å². The van der Waals surface area contributed by atoms with Crippen LogP contribution in [0.1, 0.15) is 43.1 Å². The zero-order chi connectivity index (χ0) is 20.9. The van der Waals surface area contributed by atoms with E-state index in [0.29, 0.717) is 28.3 Å². The fourth-order valence-electron chi connectivity index (χ4n) is 4.27. The lowest BCUT2D eigenvalue weighted by Crippen LogP contribution is -2.40. The van der Waals surface area contributed by atoms with Gasteiger partial charge in [0.25, 0.3) is 0 Å². The van der Waals surface area contributed by atoms with E-state index in [1.54, 1.807) is 6.33 Å². The molecule has 1 aromatic carbocycles. The Hall–Kier alpha value is -2.97. The van der Waals surface area contributed by atoms with Crippen molar-refractivity contribution in [2.24, 2.45) is 0 Å². The third-order valence-corrected chi connectivity index (χ3v) is 6.23. The Morgan fingerprint density at radius 3 is 2.84 bits per heavy atom. The molecule has 0 bridgehead atoms. The number of aromatic nitrogens is 4. The van der Waals surface area contributed by atoms with Crippen molar-refractivity contribution in [2.45, 2.75) is 38.0 Å². The number of carbonyl (C=O) groups excluding carboxylic acids is 1. The molecule has 1 aliphatic heterocycles. The summed E-state index contributed by atoms with van der Waals surface area (Å²) in [6.07, 6.45) is 6.39. The van der Waals surface area contributed by atoms with E-state index in [0.717, 1.165) is 60.8 Å². The molecule has 0 unspecified atom stereocenters. The van der Waals surface area contributed by atoms with Gasteiger partial charge in [0.05, 0.1) is 17.5 Å². The molecule has 0 atom stereocenters. The molecule has 1 N–H and O–H groups in total. The van der Waals surface area contributed by atoms with Crippen LogP contribution in [0.5, 0.6) is 0 Å². The van der Waals surface area contributed by atoms with Crippen LogP contribution in [0.2, 0.25) is 5.02 Å². The van der Waals surface area contributed by atoms with Crippen LogP contribution in [-0.2, 0) is 11.2 Å². The Morgan fingerprint density at radius 1 is 1.19 bits per heavy atom. The van der Waals surface area contributed by atoms with Gasteiger partial charge in [0.1, 0.15) is 12.0 Å². The first kappa shape index (κ1) is 18.8. The largest absolute Gasteiger partial charge is 0.339 e. The van der Waals surface area contributed by atoms with Crippen molar-refractivity contribution < 1.29 is 9.32 Å². The monoisotopic (exact) mass is 436 g/mol. The van der Waals surface area contributed by atoms with Crippen molar-refractivity contribution in [3.8, 4) is 11.5 Å². The van der Waals surface area contributed by atoms with Gasteiger partial charge >= 0.3 is 0 Å². The minimum Gasteiger partial charge on any atom is -0.339 e. The Balaban J connectivity index is 1.43. The number of nitrogens with zero attached hydrogens (tertiary/aromatic N) is 5. The summed E-state index contributed by atoms with van der Waals surface area (Å²) < 4.78 is 7.42. The Bertz CT molecular complexity index is 1300. The predicted octanol–water partition coefficient (Wildman–Crippen LogP) is 3.74. The van der Waals surface area contributed by atoms with E-state index in [4.69, 9.17) is 16.1 Å². The molecule has 1 saturated carbocycles. The molecule has 2 aliphatic rings. The van der Waals surface area contributed by atoms with E-state index in [1.807, 2.05) is 33.7 Å². The molecule has 1 saturated heterocycles. The van der Waals surface area contributed by atoms with E-state index in [2.05, 4.69) is 20.6 Å². The quantitative estimate of drug-likeness (QED) is 0.512. The Morgan fingerprint density at radius 2 is 2.03 bits per heavy atom. The number of fused-ring (bicyclic) bond motifs is 3.